The van der Waals surface area contributed by atoms with Gasteiger partial charge in [-0.15, -0.1) is 0 Å². The van der Waals surface area contributed by atoms with E-state index in [4.69, 9.17) is 16.0 Å². The summed E-state index contributed by atoms with van der Waals surface area (Å²) in [5.41, 5.74) is 0.548. The number of halogens is 2. The van der Waals surface area contributed by atoms with Crippen LogP contribution in [0.5, 0.6) is 0 Å². The molecule has 0 aliphatic carbocycles. The minimum absolute atomic E-state index is 0.168. The van der Waals surface area contributed by atoms with Crippen LogP contribution in [0.15, 0.2) is 39.2 Å². The smallest absolute Gasteiger partial charge is 0.251 e. The highest BCUT2D eigenvalue weighted by Gasteiger charge is 2.14. The molecule has 2 rings (SSSR count). The number of aryl methyl sites for hydroxylation is 1. The first-order valence-corrected chi connectivity index (χ1v) is 6.96. The van der Waals surface area contributed by atoms with Crippen molar-refractivity contribution in [2.45, 2.75) is 19.9 Å². The normalized spacial score (nSPS) is 12.2. The summed E-state index contributed by atoms with van der Waals surface area (Å²) in [5, 5.41) is 3.45. The van der Waals surface area contributed by atoms with Gasteiger partial charge in [0.2, 0.25) is 0 Å². The topological polar surface area (TPSA) is 42.2 Å². The van der Waals surface area contributed by atoms with Crippen LogP contribution in [0.2, 0.25) is 5.02 Å². The Morgan fingerprint density at radius 1 is 1.37 bits per heavy atom. The highest BCUT2D eigenvalue weighted by atomic mass is 79.9. The van der Waals surface area contributed by atoms with Crippen molar-refractivity contribution in [3.05, 3.63) is 56.9 Å². The molecule has 1 amide bonds. The molecule has 0 aliphatic heterocycles. The second-order valence-corrected chi connectivity index (χ2v) is 5.53. The van der Waals surface area contributed by atoms with Gasteiger partial charge in [0.1, 0.15) is 11.5 Å². The summed E-state index contributed by atoms with van der Waals surface area (Å²) >= 11 is 9.19. The Morgan fingerprint density at radius 2 is 2.11 bits per heavy atom. The van der Waals surface area contributed by atoms with Gasteiger partial charge in [0.25, 0.3) is 5.91 Å². The van der Waals surface area contributed by atoms with E-state index in [1.807, 2.05) is 26.0 Å². The van der Waals surface area contributed by atoms with Crippen molar-refractivity contribution < 1.29 is 9.21 Å². The Hall–Kier alpha value is -1.26. The van der Waals surface area contributed by atoms with Crippen molar-refractivity contribution in [3.8, 4) is 0 Å². The minimum Gasteiger partial charge on any atom is -0.464 e. The monoisotopic (exact) mass is 341 g/mol. The van der Waals surface area contributed by atoms with Gasteiger partial charge in [-0.3, -0.25) is 4.79 Å². The van der Waals surface area contributed by atoms with Gasteiger partial charge in [0.05, 0.1) is 11.1 Å². The van der Waals surface area contributed by atoms with Crippen molar-refractivity contribution in [1.82, 2.24) is 5.32 Å². The van der Waals surface area contributed by atoms with E-state index in [9.17, 15) is 4.79 Å². The Labute approximate surface area is 125 Å². The molecule has 0 fully saturated rings. The summed E-state index contributed by atoms with van der Waals surface area (Å²) in [6, 6.07) is 8.60. The van der Waals surface area contributed by atoms with Gasteiger partial charge in [-0.2, -0.15) is 0 Å². The number of nitrogens with one attached hydrogen (secondary N) is 1. The van der Waals surface area contributed by atoms with Crippen LogP contribution >= 0.6 is 27.5 Å². The van der Waals surface area contributed by atoms with Crippen molar-refractivity contribution in [2.24, 2.45) is 0 Å². The number of rotatable bonds is 3. The van der Waals surface area contributed by atoms with Crippen LogP contribution in [0.25, 0.3) is 0 Å². The lowest BCUT2D eigenvalue weighted by molar-refractivity contribution is 0.0935. The van der Waals surface area contributed by atoms with E-state index in [0.29, 0.717) is 15.1 Å². The first kappa shape index (κ1) is 14.2. The average Bonchev–Trinajstić information content (AvgIpc) is 2.79. The van der Waals surface area contributed by atoms with Crippen molar-refractivity contribution in [2.75, 3.05) is 0 Å². The summed E-state index contributed by atoms with van der Waals surface area (Å²) in [5.74, 6) is 1.39. The number of carbonyl (C=O) groups is 1. The second kappa shape index (κ2) is 5.80. The predicted octanol–water partition coefficient (Wildman–Crippen LogP) is 4.49. The van der Waals surface area contributed by atoms with E-state index in [1.54, 1.807) is 18.2 Å². The van der Waals surface area contributed by atoms with Crippen LogP contribution in [0.1, 0.15) is 34.8 Å². The first-order chi connectivity index (χ1) is 8.97. The van der Waals surface area contributed by atoms with Crippen LogP contribution in [-0.2, 0) is 0 Å². The van der Waals surface area contributed by atoms with E-state index in [2.05, 4.69) is 21.2 Å². The molecule has 2 aromatic rings. The molecule has 0 spiro atoms. The third kappa shape index (κ3) is 3.39. The number of furan rings is 1. The molecule has 1 aromatic carbocycles. The van der Waals surface area contributed by atoms with Crippen molar-refractivity contribution in [1.29, 1.82) is 0 Å². The maximum atomic E-state index is 12.1. The molecular weight excluding hydrogens is 330 g/mol. The first-order valence-electron chi connectivity index (χ1n) is 5.79. The van der Waals surface area contributed by atoms with Crippen LogP contribution in [0.4, 0.5) is 0 Å². The number of amides is 1. The van der Waals surface area contributed by atoms with Crippen LogP contribution in [-0.4, -0.2) is 5.91 Å². The molecule has 19 heavy (non-hydrogen) atoms. The molecule has 0 saturated heterocycles. The van der Waals surface area contributed by atoms with Gasteiger partial charge >= 0.3 is 0 Å². The van der Waals surface area contributed by atoms with Crippen LogP contribution < -0.4 is 5.32 Å². The Kier molecular flexibility index (Phi) is 4.32. The number of benzene rings is 1. The molecule has 1 aromatic heterocycles. The van der Waals surface area contributed by atoms with Gasteiger partial charge in [-0.05, 0) is 60.1 Å². The Morgan fingerprint density at radius 3 is 2.68 bits per heavy atom. The van der Waals surface area contributed by atoms with E-state index < -0.39 is 0 Å². The van der Waals surface area contributed by atoms with E-state index in [0.717, 1.165) is 11.5 Å². The van der Waals surface area contributed by atoms with E-state index >= 15 is 0 Å². The molecule has 1 unspecified atom stereocenters. The minimum atomic E-state index is -0.185. The lowest BCUT2D eigenvalue weighted by atomic mass is 10.2. The van der Waals surface area contributed by atoms with Crippen LogP contribution in [0.3, 0.4) is 0 Å². The molecule has 0 saturated carbocycles. The molecule has 0 radical (unpaired) electrons. The largest absolute Gasteiger partial charge is 0.464 e. The maximum absolute atomic E-state index is 12.1. The molecule has 0 aliphatic rings. The van der Waals surface area contributed by atoms with Gasteiger partial charge in [0.15, 0.2) is 0 Å². The quantitative estimate of drug-likeness (QED) is 0.892. The number of carbonyl (C=O) groups excluding carboxylic acids is 1. The third-order valence-corrected chi connectivity index (χ3v) is 3.93. The Bertz CT molecular complexity index is 609. The zero-order valence-corrected chi connectivity index (χ0v) is 12.9. The van der Waals surface area contributed by atoms with Crippen molar-refractivity contribution >= 4 is 33.4 Å². The summed E-state index contributed by atoms with van der Waals surface area (Å²) in [7, 11) is 0. The molecule has 1 heterocycles. The lowest BCUT2D eigenvalue weighted by Gasteiger charge is -2.12. The summed E-state index contributed by atoms with van der Waals surface area (Å²) in [4.78, 5) is 12.1. The molecule has 100 valence electrons. The lowest BCUT2D eigenvalue weighted by Crippen LogP contribution is -2.26. The summed E-state index contributed by atoms with van der Waals surface area (Å²) < 4.78 is 6.18. The van der Waals surface area contributed by atoms with Crippen LogP contribution in [0, 0.1) is 6.92 Å². The van der Waals surface area contributed by atoms with Crippen molar-refractivity contribution in [3.63, 3.8) is 0 Å². The molecule has 0 bridgehead atoms. The van der Waals surface area contributed by atoms with E-state index in [1.165, 1.54) is 0 Å². The highest BCUT2D eigenvalue weighted by molar-refractivity contribution is 9.10. The standard InChI is InChI=1S/C14H13BrClNO2/c1-8-3-6-13(19-8)9(2)17-14(18)10-4-5-12(16)11(15)7-10/h3-7,9H,1-2H3,(H,17,18). The molecule has 1 atom stereocenters. The zero-order valence-electron chi connectivity index (χ0n) is 10.5. The fourth-order valence-corrected chi connectivity index (χ4v) is 2.17. The van der Waals surface area contributed by atoms with E-state index in [-0.39, 0.29) is 11.9 Å². The maximum Gasteiger partial charge on any atom is 0.251 e. The second-order valence-electron chi connectivity index (χ2n) is 4.27. The van der Waals surface area contributed by atoms with Gasteiger partial charge in [0, 0.05) is 10.0 Å². The molecule has 5 heteroatoms. The number of hydrogen-bond donors (Lipinski definition) is 1. The summed E-state index contributed by atoms with van der Waals surface area (Å²) in [6.07, 6.45) is 0. The number of hydrogen-bond acceptors (Lipinski definition) is 2. The Balaban J connectivity index is 2.10. The zero-order chi connectivity index (χ0) is 14.0. The fraction of sp³-hybridized carbons (Fsp3) is 0.214. The molecule has 3 nitrogen and oxygen atoms in total. The average molecular weight is 343 g/mol. The van der Waals surface area contributed by atoms with Gasteiger partial charge in [-0.25, -0.2) is 0 Å². The SMILES string of the molecule is Cc1ccc(C(C)NC(=O)c2ccc(Cl)c(Br)c2)o1. The highest BCUT2D eigenvalue weighted by Crippen LogP contribution is 2.23. The van der Waals surface area contributed by atoms with Gasteiger partial charge < -0.3 is 9.73 Å². The third-order valence-electron chi connectivity index (χ3n) is 2.72. The molecular formula is C14H13BrClNO2. The molecule has 1 N–H and O–H groups in total. The fourth-order valence-electron chi connectivity index (χ4n) is 1.67. The summed E-state index contributed by atoms with van der Waals surface area (Å²) in [6.45, 7) is 3.75. The van der Waals surface area contributed by atoms with Gasteiger partial charge in [-0.1, -0.05) is 11.6 Å². The predicted molar refractivity (Wildman–Crippen MR) is 78.5 cm³/mol.